The maximum Gasteiger partial charge on any atom is 0.416 e. The molecule has 3 aromatic rings. The molecule has 0 aliphatic rings. The molecule has 0 saturated carbocycles. The van der Waals surface area contributed by atoms with Gasteiger partial charge in [0.1, 0.15) is 10.7 Å². The molecule has 1 heterocycles. The van der Waals surface area contributed by atoms with Crippen LogP contribution >= 0.6 is 11.6 Å². The summed E-state index contributed by atoms with van der Waals surface area (Å²) in [5.41, 5.74) is 0.646. The van der Waals surface area contributed by atoms with Crippen LogP contribution in [0.5, 0.6) is 0 Å². The lowest BCUT2D eigenvalue weighted by Gasteiger charge is -2.13. The first kappa shape index (κ1) is 24.7. The number of halogens is 4. The molecule has 0 radical (unpaired) electrons. The van der Waals surface area contributed by atoms with Crippen LogP contribution in [0.15, 0.2) is 71.9 Å². The highest BCUT2D eigenvalue weighted by atomic mass is 35.5. The van der Waals surface area contributed by atoms with Gasteiger partial charge in [0.05, 0.1) is 10.6 Å². The molecule has 1 atom stereocenters. The van der Waals surface area contributed by atoms with Crippen LogP contribution < -0.4 is 4.72 Å². The number of carbonyl (C=O) groups is 1. The van der Waals surface area contributed by atoms with Crippen molar-refractivity contribution in [2.45, 2.75) is 36.8 Å². The van der Waals surface area contributed by atoms with E-state index >= 15 is 0 Å². The van der Waals surface area contributed by atoms with Gasteiger partial charge >= 0.3 is 6.18 Å². The van der Waals surface area contributed by atoms with Crippen molar-refractivity contribution in [2.24, 2.45) is 0 Å². The van der Waals surface area contributed by atoms with E-state index in [0.29, 0.717) is 24.1 Å². The number of hydrogen-bond donors (Lipinski definition) is 1. The molecule has 1 unspecified atom stereocenters. The number of ketones is 1. The number of nitrogens with zero attached hydrogens (tertiary/aromatic N) is 1. The van der Waals surface area contributed by atoms with Gasteiger partial charge in [0, 0.05) is 30.9 Å². The first-order chi connectivity index (χ1) is 15.5. The topological polar surface area (TPSA) is 76.1 Å². The van der Waals surface area contributed by atoms with Crippen molar-refractivity contribution in [1.82, 2.24) is 4.98 Å². The summed E-state index contributed by atoms with van der Waals surface area (Å²) in [6, 6.07) is 11.8. The number of pyridine rings is 1. The zero-order valence-electron chi connectivity index (χ0n) is 17.4. The molecule has 0 bridgehead atoms. The monoisotopic (exact) mass is 496 g/mol. The Bertz CT molecular complexity index is 1230. The molecule has 3 rings (SSSR count). The van der Waals surface area contributed by atoms with E-state index in [9.17, 15) is 26.4 Å². The van der Waals surface area contributed by atoms with Gasteiger partial charge in [-0.15, -0.1) is 0 Å². The van der Waals surface area contributed by atoms with Gasteiger partial charge in [-0.25, -0.2) is 8.42 Å². The molecule has 2 aromatic carbocycles. The number of rotatable bonds is 8. The van der Waals surface area contributed by atoms with Crippen LogP contribution in [0, 0.1) is 0 Å². The lowest BCUT2D eigenvalue weighted by Crippen LogP contribution is -2.15. The molecule has 0 aliphatic carbocycles. The SMILES string of the molecule is CC(CC(=O)Cc1ccc(NS(=O)(=O)c2cc(C(F)(F)F)ccc2Cl)cc1)c1cccnc1. The quantitative estimate of drug-likeness (QED) is 0.424. The fourth-order valence-electron chi connectivity index (χ4n) is 3.21. The van der Waals surface area contributed by atoms with Gasteiger partial charge in [0.15, 0.2) is 0 Å². The van der Waals surface area contributed by atoms with Crippen molar-refractivity contribution < 1.29 is 26.4 Å². The summed E-state index contributed by atoms with van der Waals surface area (Å²) in [6.45, 7) is 1.94. The van der Waals surface area contributed by atoms with E-state index in [0.717, 1.165) is 11.6 Å². The number of aromatic nitrogens is 1. The van der Waals surface area contributed by atoms with E-state index in [2.05, 4.69) is 9.71 Å². The summed E-state index contributed by atoms with van der Waals surface area (Å²) in [6.07, 6.45) is -0.840. The van der Waals surface area contributed by atoms with Gasteiger partial charge in [-0.1, -0.05) is 36.7 Å². The Hall–Kier alpha value is -2.91. The molecule has 33 heavy (non-hydrogen) atoms. The lowest BCUT2D eigenvalue weighted by molar-refractivity contribution is -0.137. The Morgan fingerprint density at radius 2 is 1.82 bits per heavy atom. The Balaban J connectivity index is 1.67. The molecular formula is C23H20ClF3N2O3S. The second kappa shape index (κ2) is 9.93. The molecule has 0 spiro atoms. The predicted octanol–water partition coefficient (Wildman–Crippen LogP) is 5.86. The number of benzene rings is 2. The molecule has 1 aromatic heterocycles. The van der Waals surface area contributed by atoms with E-state index in [1.807, 2.05) is 19.1 Å². The molecule has 0 saturated heterocycles. The largest absolute Gasteiger partial charge is 0.416 e. The highest BCUT2D eigenvalue weighted by molar-refractivity contribution is 7.92. The number of sulfonamides is 1. The number of carbonyl (C=O) groups excluding carboxylic acids is 1. The van der Waals surface area contributed by atoms with Crippen LogP contribution in [0.4, 0.5) is 18.9 Å². The standard InChI is InChI=1S/C23H20ClF3N2O3S/c1-15(17-3-2-10-28-14-17)11-20(30)12-16-4-7-19(8-5-16)29-33(31,32)22-13-18(23(25,26)27)6-9-21(22)24/h2-10,13-15,29H,11-12H2,1H3. The summed E-state index contributed by atoms with van der Waals surface area (Å²) >= 11 is 5.84. The average molecular weight is 497 g/mol. The first-order valence-corrected chi connectivity index (χ1v) is 11.7. The fourth-order valence-corrected chi connectivity index (χ4v) is 4.80. The number of nitrogens with one attached hydrogen (secondary N) is 1. The van der Waals surface area contributed by atoms with Crippen molar-refractivity contribution >= 4 is 33.1 Å². The van der Waals surface area contributed by atoms with Crippen molar-refractivity contribution in [3.8, 4) is 0 Å². The van der Waals surface area contributed by atoms with E-state index in [4.69, 9.17) is 11.6 Å². The molecule has 0 amide bonds. The van der Waals surface area contributed by atoms with E-state index < -0.39 is 26.7 Å². The minimum Gasteiger partial charge on any atom is -0.299 e. The summed E-state index contributed by atoms with van der Waals surface area (Å²) in [7, 11) is -4.36. The first-order valence-electron chi connectivity index (χ1n) is 9.86. The van der Waals surface area contributed by atoms with Gasteiger partial charge < -0.3 is 0 Å². The molecule has 0 aliphatic heterocycles. The molecule has 1 N–H and O–H groups in total. The number of anilines is 1. The van der Waals surface area contributed by atoms with Gasteiger partial charge in [0.2, 0.25) is 0 Å². The minimum atomic E-state index is -4.71. The van der Waals surface area contributed by atoms with Gasteiger partial charge in [-0.3, -0.25) is 14.5 Å². The van der Waals surface area contributed by atoms with Crippen LogP contribution in [0.3, 0.4) is 0 Å². The highest BCUT2D eigenvalue weighted by Crippen LogP contribution is 2.34. The zero-order valence-corrected chi connectivity index (χ0v) is 19.0. The third-order valence-corrected chi connectivity index (χ3v) is 6.81. The number of alkyl halides is 3. The van der Waals surface area contributed by atoms with Crippen LogP contribution in [0.25, 0.3) is 0 Å². The van der Waals surface area contributed by atoms with Crippen molar-refractivity contribution in [1.29, 1.82) is 0 Å². The van der Waals surface area contributed by atoms with Crippen molar-refractivity contribution in [2.75, 3.05) is 4.72 Å². The summed E-state index contributed by atoms with van der Waals surface area (Å²) < 4.78 is 66.3. The second-order valence-corrected chi connectivity index (χ2v) is 9.61. The number of Topliss-reactive ketones (excluding diaryl/α,β-unsaturated/α-hetero) is 1. The van der Waals surface area contributed by atoms with Crippen molar-refractivity contribution in [3.63, 3.8) is 0 Å². The van der Waals surface area contributed by atoms with Crippen LogP contribution in [-0.2, 0) is 27.4 Å². The van der Waals surface area contributed by atoms with Crippen LogP contribution in [0.2, 0.25) is 5.02 Å². The normalized spacial score (nSPS) is 12.9. The Morgan fingerprint density at radius 1 is 1.12 bits per heavy atom. The molecule has 10 heteroatoms. The maximum absolute atomic E-state index is 12.9. The summed E-state index contributed by atoms with van der Waals surface area (Å²) in [5.74, 6) is 0.0184. The molecule has 174 valence electrons. The summed E-state index contributed by atoms with van der Waals surface area (Å²) in [4.78, 5) is 15.8. The van der Waals surface area contributed by atoms with Gasteiger partial charge in [-0.2, -0.15) is 13.2 Å². The molecule has 5 nitrogen and oxygen atoms in total. The number of hydrogen-bond acceptors (Lipinski definition) is 4. The van der Waals surface area contributed by atoms with Gasteiger partial charge in [0.25, 0.3) is 10.0 Å². The Labute approximate surface area is 194 Å². The zero-order chi connectivity index (χ0) is 24.2. The smallest absolute Gasteiger partial charge is 0.299 e. The van der Waals surface area contributed by atoms with E-state index in [-0.39, 0.29) is 28.8 Å². The molecule has 0 fully saturated rings. The third-order valence-electron chi connectivity index (χ3n) is 4.94. The average Bonchev–Trinajstić information content (AvgIpc) is 2.75. The van der Waals surface area contributed by atoms with Crippen LogP contribution in [0.1, 0.15) is 36.0 Å². The Kier molecular flexibility index (Phi) is 7.44. The maximum atomic E-state index is 12.9. The fraction of sp³-hybridized carbons (Fsp3) is 0.217. The van der Waals surface area contributed by atoms with E-state index in [1.54, 1.807) is 24.5 Å². The third kappa shape index (κ3) is 6.55. The summed E-state index contributed by atoms with van der Waals surface area (Å²) in [5, 5.41) is -0.333. The second-order valence-electron chi connectivity index (χ2n) is 7.55. The van der Waals surface area contributed by atoms with E-state index in [1.165, 1.54) is 12.1 Å². The van der Waals surface area contributed by atoms with Gasteiger partial charge in [-0.05, 0) is 53.4 Å². The van der Waals surface area contributed by atoms with Crippen molar-refractivity contribution in [3.05, 3.63) is 88.7 Å². The molecular weight excluding hydrogens is 477 g/mol. The minimum absolute atomic E-state index is 0.00879. The predicted molar refractivity (Wildman–Crippen MR) is 120 cm³/mol. The van der Waals surface area contributed by atoms with Crippen LogP contribution in [-0.4, -0.2) is 19.2 Å². The lowest BCUT2D eigenvalue weighted by atomic mass is 9.94. The Morgan fingerprint density at radius 3 is 2.42 bits per heavy atom. The highest BCUT2D eigenvalue weighted by Gasteiger charge is 2.32.